The van der Waals surface area contributed by atoms with Gasteiger partial charge in [-0.2, -0.15) is 5.26 Å². The molecule has 2 fully saturated rings. The Labute approximate surface area is 243 Å². The molecule has 1 atom stereocenters. The topological polar surface area (TPSA) is 149 Å². The maximum atomic E-state index is 12.5. The van der Waals surface area contributed by atoms with Gasteiger partial charge in [0.05, 0.1) is 22.5 Å². The number of benzene rings is 2. The van der Waals surface area contributed by atoms with Gasteiger partial charge in [-0.15, -0.1) is 5.10 Å². The fraction of sp³-hybridized carbons (Fsp3) is 0.400. The molecule has 2 aliphatic rings. The SMILES string of the molecule is Cc1nnc(S(=O)(=O)CCOc2ccc3c(C#N)c(-c4ccc(NC(=O)OC(C)C5CC5)cc4)n(C4CCC4)c3c2)o1. The fourth-order valence-electron chi connectivity index (χ4n) is 5.25. The molecule has 2 saturated carbocycles. The molecule has 1 N–H and O–H groups in total. The van der Waals surface area contributed by atoms with E-state index in [1.165, 1.54) is 6.92 Å². The number of sulfone groups is 1. The second kappa shape index (κ2) is 11.1. The van der Waals surface area contributed by atoms with Crippen molar-refractivity contribution in [2.24, 2.45) is 5.92 Å². The Morgan fingerprint density at radius 1 is 1.17 bits per heavy atom. The maximum Gasteiger partial charge on any atom is 0.411 e. The van der Waals surface area contributed by atoms with Crippen molar-refractivity contribution >= 4 is 32.5 Å². The Morgan fingerprint density at radius 3 is 2.55 bits per heavy atom. The highest BCUT2D eigenvalue weighted by Gasteiger charge is 2.31. The molecular weight excluding hydrogens is 558 g/mol. The van der Waals surface area contributed by atoms with Gasteiger partial charge < -0.3 is 18.5 Å². The van der Waals surface area contributed by atoms with E-state index in [9.17, 15) is 18.5 Å². The second-order valence-electron chi connectivity index (χ2n) is 10.9. The lowest BCUT2D eigenvalue weighted by Gasteiger charge is -2.30. The van der Waals surface area contributed by atoms with Crippen LogP contribution < -0.4 is 10.1 Å². The molecule has 0 aliphatic heterocycles. The van der Waals surface area contributed by atoms with Gasteiger partial charge in [0.2, 0.25) is 15.7 Å². The summed E-state index contributed by atoms with van der Waals surface area (Å²) in [6.07, 6.45) is 4.67. The molecule has 2 heterocycles. The quantitative estimate of drug-likeness (QED) is 0.242. The molecular formula is C30H31N5O6S. The number of aromatic nitrogens is 3. The van der Waals surface area contributed by atoms with Crippen LogP contribution in [0.2, 0.25) is 0 Å². The van der Waals surface area contributed by atoms with Crippen molar-refractivity contribution in [1.29, 1.82) is 5.26 Å². The first-order valence-corrected chi connectivity index (χ1v) is 15.7. The third kappa shape index (κ3) is 5.56. The van der Waals surface area contributed by atoms with Crippen molar-refractivity contribution in [3.05, 3.63) is 53.9 Å². The number of rotatable bonds is 10. The molecule has 4 aromatic rings. The average Bonchev–Trinajstić information content (AvgIpc) is 3.62. The molecule has 0 bridgehead atoms. The van der Waals surface area contributed by atoms with Crippen molar-refractivity contribution in [2.45, 2.75) is 63.3 Å². The van der Waals surface area contributed by atoms with Crippen LogP contribution in [0.3, 0.4) is 0 Å². The van der Waals surface area contributed by atoms with Crippen LogP contribution in [0.25, 0.3) is 22.2 Å². The van der Waals surface area contributed by atoms with E-state index in [0.29, 0.717) is 22.9 Å². The summed E-state index contributed by atoms with van der Waals surface area (Å²) < 4.78 is 43.5. The van der Waals surface area contributed by atoms with Gasteiger partial charge in [-0.1, -0.05) is 17.2 Å². The first-order chi connectivity index (χ1) is 20.2. The van der Waals surface area contributed by atoms with E-state index in [0.717, 1.165) is 54.3 Å². The number of carbonyl (C=O) groups excluding carboxylic acids is 1. The van der Waals surface area contributed by atoms with Gasteiger partial charge in [0.15, 0.2) is 0 Å². The third-order valence-electron chi connectivity index (χ3n) is 7.91. The fourth-order valence-corrected chi connectivity index (χ4v) is 6.14. The molecule has 11 nitrogen and oxygen atoms in total. The number of anilines is 1. The zero-order valence-corrected chi connectivity index (χ0v) is 24.2. The van der Waals surface area contributed by atoms with E-state index < -0.39 is 21.2 Å². The van der Waals surface area contributed by atoms with Crippen molar-refractivity contribution < 1.29 is 27.1 Å². The minimum Gasteiger partial charge on any atom is -0.492 e. The summed E-state index contributed by atoms with van der Waals surface area (Å²) in [4.78, 5) is 12.3. The summed E-state index contributed by atoms with van der Waals surface area (Å²) in [6.45, 7) is 3.34. The Morgan fingerprint density at radius 2 is 1.93 bits per heavy atom. The molecule has 0 radical (unpaired) electrons. The molecule has 42 heavy (non-hydrogen) atoms. The summed E-state index contributed by atoms with van der Waals surface area (Å²) in [7, 11) is -3.78. The minimum absolute atomic E-state index is 0.103. The Kier molecular flexibility index (Phi) is 7.36. The van der Waals surface area contributed by atoms with Crippen LogP contribution >= 0.6 is 0 Å². The van der Waals surface area contributed by atoms with Gasteiger partial charge >= 0.3 is 11.3 Å². The molecule has 2 aromatic heterocycles. The molecule has 218 valence electrons. The van der Waals surface area contributed by atoms with Gasteiger partial charge in [0, 0.05) is 30.1 Å². The van der Waals surface area contributed by atoms with Crippen LogP contribution in [0.1, 0.15) is 56.5 Å². The summed E-state index contributed by atoms with van der Waals surface area (Å²) in [5, 5.41) is 20.6. The number of fused-ring (bicyclic) bond motifs is 1. The molecule has 2 aliphatic carbocycles. The van der Waals surface area contributed by atoms with Gasteiger partial charge in [-0.05, 0) is 74.8 Å². The first-order valence-electron chi connectivity index (χ1n) is 14.1. The largest absolute Gasteiger partial charge is 0.492 e. The minimum atomic E-state index is -3.78. The Bertz CT molecular complexity index is 1780. The summed E-state index contributed by atoms with van der Waals surface area (Å²) in [6, 6.07) is 15.5. The summed E-state index contributed by atoms with van der Waals surface area (Å²) in [5.74, 6) is 0.800. The number of amides is 1. The number of aryl methyl sites for hydroxylation is 1. The lowest BCUT2D eigenvalue weighted by atomic mass is 9.92. The number of nitrogens with zero attached hydrogens (tertiary/aromatic N) is 4. The Balaban J connectivity index is 1.25. The van der Waals surface area contributed by atoms with Crippen molar-refractivity contribution in [3.8, 4) is 23.1 Å². The standard InChI is InChI=1S/C30H31N5O6S/c1-18(20-6-7-20)40-29(36)32-22-10-8-21(9-11-22)28-26(17-31)25-13-12-24(16-27(25)35(28)23-4-3-5-23)39-14-15-42(37,38)30-34-33-19(2)41-30/h8-13,16,18,20,23H,3-7,14-15H2,1-2H3,(H,32,36). The number of nitrogens with one attached hydrogen (secondary N) is 1. The molecule has 2 aromatic carbocycles. The number of hydrogen-bond acceptors (Lipinski definition) is 9. The van der Waals surface area contributed by atoms with Gasteiger partial charge in [0.1, 0.15) is 24.5 Å². The normalized spacial score (nSPS) is 16.0. The predicted molar refractivity (Wildman–Crippen MR) is 154 cm³/mol. The zero-order chi connectivity index (χ0) is 29.4. The predicted octanol–water partition coefficient (Wildman–Crippen LogP) is 5.80. The van der Waals surface area contributed by atoms with Gasteiger partial charge in [-0.3, -0.25) is 5.32 Å². The van der Waals surface area contributed by atoms with Crippen LogP contribution in [-0.2, 0) is 14.6 Å². The highest BCUT2D eigenvalue weighted by Crippen LogP contribution is 2.43. The first kappa shape index (κ1) is 27.8. The molecule has 1 amide bonds. The van der Waals surface area contributed by atoms with Crippen LogP contribution in [0.15, 0.2) is 52.1 Å². The monoisotopic (exact) mass is 589 g/mol. The Hall–Kier alpha value is -4.37. The van der Waals surface area contributed by atoms with Crippen molar-refractivity contribution in [3.63, 3.8) is 0 Å². The van der Waals surface area contributed by atoms with E-state index in [-0.39, 0.29) is 30.4 Å². The smallest absolute Gasteiger partial charge is 0.411 e. The van der Waals surface area contributed by atoms with Crippen molar-refractivity contribution in [2.75, 3.05) is 17.7 Å². The van der Waals surface area contributed by atoms with Crippen LogP contribution in [0.5, 0.6) is 5.75 Å². The van der Waals surface area contributed by atoms with E-state index in [4.69, 9.17) is 13.9 Å². The molecule has 0 spiro atoms. The number of hydrogen-bond donors (Lipinski definition) is 1. The molecule has 6 rings (SSSR count). The molecule has 12 heteroatoms. The average molecular weight is 590 g/mol. The number of ether oxygens (including phenoxy) is 2. The van der Waals surface area contributed by atoms with Crippen molar-refractivity contribution in [1.82, 2.24) is 14.8 Å². The van der Waals surface area contributed by atoms with Crippen LogP contribution in [-0.4, -0.2) is 47.7 Å². The maximum absolute atomic E-state index is 12.5. The zero-order valence-electron chi connectivity index (χ0n) is 23.4. The van der Waals surface area contributed by atoms with Gasteiger partial charge in [-0.25, -0.2) is 13.2 Å². The highest BCUT2D eigenvalue weighted by atomic mass is 32.2. The van der Waals surface area contributed by atoms with Crippen LogP contribution in [0.4, 0.5) is 10.5 Å². The highest BCUT2D eigenvalue weighted by molar-refractivity contribution is 7.91. The van der Waals surface area contributed by atoms with E-state index in [1.807, 2.05) is 43.3 Å². The molecule has 1 unspecified atom stereocenters. The van der Waals surface area contributed by atoms with E-state index in [1.54, 1.807) is 6.07 Å². The lowest BCUT2D eigenvalue weighted by molar-refractivity contribution is 0.108. The summed E-state index contributed by atoms with van der Waals surface area (Å²) in [5.41, 5.74) is 3.66. The van der Waals surface area contributed by atoms with Crippen LogP contribution in [0, 0.1) is 24.2 Å². The summed E-state index contributed by atoms with van der Waals surface area (Å²) >= 11 is 0. The van der Waals surface area contributed by atoms with E-state index >= 15 is 0 Å². The number of carbonyl (C=O) groups is 1. The van der Waals surface area contributed by atoms with Gasteiger partial charge in [0.25, 0.3) is 0 Å². The second-order valence-corrected chi connectivity index (χ2v) is 12.9. The van der Waals surface area contributed by atoms with E-state index in [2.05, 4.69) is 26.2 Å². The number of nitriles is 1. The third-order valence-corrected chi connectivity index (χ3v) is 9.31. The lowest BCUT2D eigenvalue weighted by Crippen LogP contribution is -2.21. The molecule has 0 saturated heterocycles.